The Morgan fingerprint density at radius 3 is 2.08 bits per heavy atom. The van der Waals surface area contributed by atoms with E-state index in [0.717, 1.165) is 25.7 Å². The maximum Gasteiger partial charge on any atom is 0.253 e. The maximum absolute atomic E-state index is 12.6. The Morgan fingerprint density at radius 2 is 1.50 bits per heavy atom. The van der Waals surface area contributed by atoms with Crippen LogP contribution < -0.4 is 0 Å². The predicted molar refractivity (Wildman–Crippen MR) is 90.2 cm³/mol. The van der Waals surface area contributed by atoms with Crippen molar-refractivity contribution in [1.82, 2.24) is 9.80 Å². The molecular formula is C19H23N3O2. The summed E-state index contributed by atoms with van der Waals surface area (Å²) in [5.74, 6) is 0.448. The van der Waals surface area contributed by atoms with Crippen molar-refractivity contribution in [2.24, 2.45) is 5.92 Å². The molecule has 24 heavy (non-hydrogen) atoms. The second-order valence-corrected chi connectivity index (χ2v) is 6.64. The molecule has 1 saturated heterocycles. The van der Waals surface area contributed by atoms with Gasteiger partial charge in [0, 0.05) is 37.7 Å². The van der Waals surface area contributed by atoms with Crippen molar-refractivity contribution < 1.29 is 9.59 Å². The first kappa shape index (κ1) is 16.5. The fourth-order valence-electron chi connectivity index (χ4n) is 3.61. The van der Waals surface area contributed by atoms with Crippen molar-refractivity contribution in [2.45, 2.75) is 32.1 Å². The lowest BCUT2D eigenvalue weighted by molar-refractivity contribution is -0.138. The Bertz CT molecular complexity index is 634. The van der Waals surface area contributed by atoms with Gasteiger partial charge in [0.1, 0.15) is 0 Å². The van der Waals surface area contributed by atoms with E-state index in [9.17, 15) is 9.59 Å². The van der Waals surface area contributed by atoms with Crippen molar-refractivity contribution in [3.05, 3.63) is 35.4 Å². The van der Waals surface area contributed by atoms with Crippen LogP contribution >= 0.6 is 0 Å². The Labute approximate surface area is 142 Å². The van der Waals surface area contributed by atoms with E-state index in [1.807, 2.05) is 4.90 Å². The molecule has 1 heterocycles. The molecule has 1 aromatic carbocycles. The van der Waals surface area contributed by atoms with Gasteiger partial charge in [-0.3, -0.25) is 9.59 Å². The van der Waals surface area contributed by atoms with E-state index in [2.05, 4.69) is 6.07 Å². The Kier molecular flexibility index (Phi) is 5.14. The van der Waals surface area contributed by atoms with E-state index in [0.29, 0.717) is 37.3 Å². The third kappa shape index (κ3) is 3.59. The third-order valence-corrected chi connectivity index (χ3v) is 5.09. The van der Waals surface area contributed by atoms with Gasteiger partial charge in [-0.25, -0.2) is 0 Å². The molecule has 0 N–H and O–H groups in total. The van der Waals surface area contributed by atoms with Crippen LogP contribution in [-0.4, -0.2) is 47.8 Å². The number of amides is 2. The number of piperazine rings is 1. The lowest BCUT2D eigenvalue weighted by Crippen LogP contribution is -2.52. The van der Waals surface area contributed by atoms with Crippen LogP contribution in [0.4, 0.5) is 0 Å². The number of carbonyl (C=O) groups is 2. The summed E-state index contributed by atoms with van der Waals surface area (Å²) in [4.78, 5) is 28.8. The fraction of sp³-hybridized carbons (Fsp3) is 0.526. The Morgan fingerprint density at radius 1 is 0.917 bits per heavy atom. The fourth-order valence-corrected chi connectivity index (χ4v) is 3.61. The van der Waals surface area contributed by atoms with Gasteiger partial charge in [0.15, 0.2) is 0 Å². The van der Waals surface area contributed by atoms with Crippen LogP contribution in [0.15, 0.2) is 24.3 Å². The van der Waals surface area contributed by atoms with Crippen LogP contribution in [0, 0.1) is 17.2 Å². The highest BCUT2D eigenvalue weighted by Gasteiger charge is 2.29. The topological polar surface area (TPSA) is 64.4 Å². The number of carbonyl (C=O) groups excluding carboxylic acids is 2. The van der Waals surface area contributed by atoms with Gasteiger partial charge >= 0.3 is 0 Å². The summed E-state index contributed by atoms with van der Waals surface area (Å²) in [6.07, 6.45) is 5.60. The molecule has 0 atom stereocenters. The maximum atomic E-state index is 12.6. The van der Waals surface area contributed by atoms with Gasteiger partial charge in [-0.2, -0.15) is 5.26 Å². The van der Waals surface area contributed by atoms with Crippen LogP contribution in [-0.2, 0) is 4.79 Å². The van der Waals surface area contributed by atoms with Crippen molar-refractivity contribution in [3.8, 4) is 6.07 Å². The minimum Gasteiger partial charge on any atom is -0.339 e. The molecule has 2 amide bonds. The van der Waals surface area contributed by atoms with Crippen LogP contribution in [0.5, 0.6) is 0 Å². The number of nitriles is 1. The lowest BCUT2D eigenvalue weighted by Gasteiger charge is -2.37. The first-order valence-corrected chi connectivity index (χ1v) is 8.77. The molecule has 0 radical (unpaired) electrons. The van der Waals surface area contributed by atoms with Gasteiger partial charge in [-0.15, -0.1) is 0 Å². The first-order valence-electron chi connectivity index (χ1n) is 8.77. The summed E-state index contributed by atoms with van der Waals surface area (Å²) in [6, 6.07) is 8.77. The van der Waals surface area contributed by atoms with Gasteiger partial charge in [0.2, 0.25) is 5.91 Å². The second-order valence-electron chi connectivity index (χ2n) is 6.64. The first-order chi connectivity index (χ1) is 11.7. The minimum atomic E-state index is -0.0238. The van der Waals surface area contributed by atoms with E-state index in [1.54, 1.807) is 29.2 Å². The lowest BCUT2D eigenvalue weighted by atomic mass is 9.88. The quantitative estimate of drug-likeness (QED) is 0.839. The highest BCUT2D eigenvalue weighted by atomic mass is 16.2. The largest absolute Gasteiger partial charge is 0.339 e. The molecule has 3 rings (SSSR count). The molecule has 1 aliphatic heterocycles. The van der Waals surface area contributed by atoms with Crippen molar-refractivity contribution in [2.75, 3.05) is 26.2 Å². The summed E-state index contributed by atoms with van der Waals surface area (Å²) in [6.45, 7) is 2.41. The number of hydrogen-bond acceptors (Lipinski definition) is 3. The Hall–Kier alpha value is -2.35. The number of nitrogens with zero attached hydrogens (tertiary/aromatic N) is 3. The third-order valence-electron chi connectivity index (χ3n) is 5.09. The molecule has 2 fully saturated rings. The standard InChI is InChI=1S/C19H23N3O2/c20-14-15-6-8-17(9-7-15)19(24)22-12-10-21(11-13-22)18(23)16-4-2-1-3-5-16/h6-9,16H,1-5,10-13H2. The zero-order valence-corrected chi connectivity index (χ0v) is 13.9. The van der Waals surface area contributed by atoms with Crippen LogP contribution in [0.1, 0.15) is 48.0 Å². The smallest absolute Gasteiger partial charge is 0.253 e. The van der Waals surface area contributed by atoms with Gasteiger partial charge in [-0.1, -0.05) is 19.3 Å². The number of rotatable bonds is 2. The monoisotopic (exact) mass is 325 g/mol. The molecule has 2 aliphatic rings. The SMILES string of the molecule is N#Cc1ccc(C(=O)N2CCN(C(=O)C3CCCCC3)CC2)cc1. The summed E-state index contributed by atoms with van der Waals surface area (Å²) < 4.78 is 0. The highest BCUT2D eigenvalue weighted by molar-refractivity contribution is 5.94. The van der Waals surface area contributed by atoms with Gasteiger partial charge in [0.05, 0.1) is 11.6 Å². The van der Waals surface area contributed by atoms with Crippen LogP contribution in [0.3, 0.4) is 0 Å². The van der Waals surface area contributed by atoms with Gasteiger partial charge in [0.25, 0.3) is 5.91 Å². The predicted octanol–water partition coefficient (Wildman–Crippen LogP) is 2.42. The van der Waals surface area contributed by atoms with Crippen LogP contribution in [0.2, 0.25) is 0 Å². The van der Waals surface area contributed by atoms with E-state index in [4.69, 9.17) is 5.26 Å². The van der Waals surface area contributed by atoms with Crippen molar-refractivity contribution in [3.63, 3.8) is 0 Å². The summed E-state index contributed by atoms with van der Waals surface area (Å²) in [7, 11) is 0. The molecule has 126 valence electrons. The average Bonchev–Trinajstić information content (AvgIpc) is 2.68. The van der Waals surface area contributed by atoms with E-state index in [-0.39, 0.29) is 17.7 Å². The molecule has 5 nitrogen and oxygen atoms in total. The van der Waals surface area contributed by atoms with Crippen LogP contribution in [0.25, 0.3) is 0 Å². The summed E-state index contributed by atoms with van der Waals surface area (Å²) in [5.41, 5.74) is 1.15. The van der Waals surface area contributed by atoms with Gasteiger partial charge in [-0.05, 0) is 37.1 Å². The van der Waals surface area contributed by atoms with Crippen molar-refractivity contribution in [1.29, 1.82) is 5.26 Å². The molecule has 0 unspecified atom stereocenters. The number of hydrogen-bond donors (Lipinski definition) is 0. The average molecular weight is 325 g/mol. The van der Waals surface area contributed by atoms with E-state index >= 15 is 0 Å². The second kappa shape index (κ2) is 7.48. The molecule has 0 bridgehead atoms. The molecule has 0 spiro atoms. The van der Waals surface area contributed by atoms with Crippen molar-refractivity contribution >= 4 is 11.8 Å². The summed E-state index contributed by atoms with van der Waals surface area (Å²) in [5, 5.41) is 8.82. The Balaban J connectivity index is 1.55. The molecule has 5 heteroatoms. The molecular weight excluding hydrogens is 302 g/mol. The molecule has 1 aromatic rings. The summed E-state index contributed by atoms with van der Waals surface area (Å²) >= 11 is 0. The molecule has 0 aromatic heterocycles. The normalized spacial score (nSPS) is 19.0. The zero-order chi connectivity index (χ0) is 16.9. The van der Waals surface area contributed by atoms with E-state index in [1.165, 1.54) is 6.42 Å². The zero-order valence-electron chi connectivity index (χ0n) is 13.9. The molecule has 1 aliphatic carbocycles. The number of benzene rings is 1. The minimum absolute atomic E-state index is 0.0238. The van der Waals surface area contributed by atoms with Gasteiger partial charge < -0.3 is 9.80 Å². The van der Waals surface area contributed by atoms with E-state index < -0.39 is 0 Å². The molecule has 1 saturated carbocycles. The highest BCUT2D eigenvalue weighted by Crippen LogP contribution is 2.26.